The van der Waals surface area contributed by atoms with Crippen molar-refractivity contribution in [3.05, 3.63) is 0 Å². The molecule has 0 aromatic heterocycles. The van der Waals surface area contributed by atoms with Gasteiger partial charge in [-0.3, -0.25) is 9.69 Å². The monoisotopic (exact) mass is 270 g/mol. The number of nitrogens with zero attached hydrogens (tertiary/aromatic N) is 1. The Kier molecular flexibility index (Phi) is 4.81. The molecule has 1 heterocycles. The Balaban J connectivity index is 1.98. The van der Waals surface area contributed by atoms with E-state index >= 15 is 0 Å². The first-order chi connectivity index (χ1) is 9.12. The summed E-state index contributed by atoms with van der Waals surface area (Å²) in [7, 11) is 1.77. The first-order valence-electron chi connectivity index (χ1n) is 7.38. The van der Waals surface area contributed by atoms with Crippen molar-refractivity contribution in [2.75, 3.05) is 33.3 Å². The largest absolute Gasteiger partial charge is 0.480 e. The normalized spacial score (nSPS) is 28.0. The van der Waals surface area contributed by atoms with E-state index in [4.69, 9.17) is 4.74 Å². The van der Waals surface area contributed by atoms with Gasteiger partial charge in [-0.15, -0.1) is 0 Å². The molecule has 1 aliphatic carbocycles. The van der Waals surface area contributed by atoms with Gasteiger partial charge in [-0.2, -0.15) is 0 Å². The first kappa shape index (κ1) is 14.8. The highest BCUT2D eigenvalue weighted by Crippen LogP contribution is 2.40. The predicted octanol–water partition coefficient (Wildman–Crippen LogP) is 0.940. The fraction of sp³-hybridized carbons (Fsp3) is 0.929. The van der Waals surface area contributed by atoms with E-state index in [2.05, 4.69) is 10.2 Å². The van der Waals surface area contributed by atoms with Crippen molar-refractivity contribution in [1.29, 1.82) is 0 Å². The van der Waals surface area contributed by atoms with Crippen LogP contribution >= 0.6 is 0 Å². The molecule has 2 atom stereocenters. The molecule has 2 aliphatic rings. The number of carboxylic acid groups (broad SMARTS) is 1. The minimum Gasteiger partial charge on any atom is -0.480 e. The Morgan fingerprint density at radius 2 is 2.21 bits per heavy atom. The zero-order chi connectivity index (χ0) is 13.9. The average molecular weight is 270 g/mol. The molecular formula is C14H26N2O3. The SMILES string of the molecule is CCOC1CCCN(CC(NC)(C(=O)O)C2CC2)C1. The highest BCUT2D eigenvalue weighted by Gasteiger charge is 2.51. The van der Waals surface area contributed by atoms with Crippen molar-refractivity contribution < 1.29 is 14.6 Å². The van der Waals surface area contributed by atoms with Crippen molar-refractivity contribution in [1.82, 2.24) is 10.2 Å². The summed E-state index contributed by atoms with van der Waals surface area (Å²) in [5, 5.41) is 12.7. The van der Waals surface area contributed by atoms with Crippen molar-refractivity contribution in [2.45, 2.75) is 44.2 Å². The molecule has 5 nitrogen and oxygen atoms in total. The molecule has 0 aromatic carbocycles. The third-order valence-electron chi connectivity index (χ3n) is 4.44. The van der Waals surface area contributed by atoms with Crippen LogP contribution in [-0.4, -0.2) is 60.9 Å². The lowest BCUT2D eigenvalue weighted by Crippen LogP contribution is -2.61. The van der Waals surface area contributed by atoms with Crippen LogP contribution in [0.3, 0.4) is 0 Å². The van der Waals surface area contributed by atoms with E-state index in [0.29, 0.717) is 6.54 Å². The van der Waals surface area contributed by atoms with Crippen LogP contribution in [0.5, 0.6) is 0 Å². The van der Waals surface area contributed by atoms with E-state index in [0.717, 1.165) is 45.4 Å². The smallest absolute Gasteiger partial charge is 0.325 e. The number of nitrogens with one attached hydrogen (secondary N) is 1. The van der Waals surface area contributed by atoms with Crippen LogP contribution in [0.4, 0.5) is 0 Å². The minimum absolute atomic E-state index is 0.265. The number of carbonyl (C=O) groups is 1. The van der Waals surface area contributed by atoms with E-state index in [1.54, 1.807) is 7.05 Å². The number of likely N-dealkylation sites (tertiary alicyclic amines) is 1. The second-order valence-corrected chi connectivity index (χ2v) is 5.76. The van der Waals surface area contributed by atoms with Crippen LogP contribution in [0.2, 0.25) is 0 Å². The Hall–Kier alpha value is -0.650. The lowest BCUT2D eigenvalue weighted by atomic mass is 9.91. The van der Waals surface area contributed by atoms with Crippen LogP contribution in [0.15, 0.2) is 0 Å². The summed E-state index contributed by atoms with van der Waals surface area (Å²) in [5.41, 5.74) is -0.770. The molecule has 19 heavy (non-hydrogen) atoms. The third kappa shape index (κ3) is 3.27. The Morgan fingerprint density at radius 1 is 1.47 bits per heavy atom. The maximum Gasteiger partial charge on any atom is 0.325 e. The van der Waals surface area contributed by atoms with Gasteiger partial charge in [-0.25, -0.2) is 0 Å². The minimum atomic E-state index is -0.770. The van der Waals surface area contributed by atoms with Crippen LogP contribution in [-0.2, 0) is 9.53 Å². The second-order valence-electron chi connectivity index (χ2n) is 5.76. The van der Waals surface area contributed by atoms with E-state index < -0.39 is 11.5 Å². The molecule has 1 aliphatic heterocycles. The molecule has 1 saturated heterocycles. The van der Waals surface area contributed by atoms with Gasteiger partial charge in [-0.05, 0) is 52.1 Å². The molecule has 5 heteroatoms. The maximum absolute atomic E-state index is 11.7. The Labute approximate surface area is 115 Å². The standard InChI is InChI=1S/C14H26N2O3/c1-3-19-12-5-4-8-16(9-12)10-14(15-2,13(17)18)11-6-7-11/h11-12,15H,3-10H2,1-2H3,(H,17,18). The van der Waals surface area contributed by atoms with Gasteiger partial charge in [0.15, 0.2) is 0 Å². The van der Waals surface area contributed by atoms with Crippen molar-refractivity contribution in [2.24, 2.45) is 5.92 Å². The fourth-order valence-electron chi connectivity index (χ4n) is 3.22. The van der Waals surface area contributed by atoms with Gasteiger partial charge in [0, 0.05) is 19.7 Å². The van der Waals surface area contributed by atoms with E-state index in [1.165, 1.54) is 0 Å². The Morgan fingerprint density at radius 3 is 2.74 bits per heavy atom. The lowest BCUT2D eigenvalue weighted by Gasteiger charge is -2.39. The number of likely N-dealkylation sites (N-methyl/N-ethyl adjacent to an activating group) is 1. The van der Waals surface area contributed by atoms with Gasteiger partial charge < -0.3 is 15.2 Å². The molecule has 0 bridgehead atoms. The van der Waals surface area contributed by atoms with Crippen molar-refractivity contribution in [3.63, 3.8) is 0 Å². The van der Waals surface area contributed by atoms with Gasteiger partial charge >= 0.3 is 5.97 Å². The number of rotatable bonds is 7. The molecule has 0 amide bonds. The summed E-state index contributed by atoms with van der Waals surface area (Å²) < 4.78 is 5.69. The van der Waals surface area contributed by atoms with Gasteiger partial charge in [0.05, 0.1) is 6.10 Å². The number of ether oxygens (including phenoxy) is 1. The van der Waals surface area contributed by atoms with Crippen molar-refractivity contribution >= 4 is 5.97 Å². The number of aliphatic carboxylic acids is 1. The summed E-state index contributed by atoms with van der Waals surface area (Å²) in [4.78, 5) is 14.0. The van der Waals surface area contributed by atoms with Crippen LogP contribution in [0.25, 0.3) is 0 Å². The molecule has 0 spiro atoms. The summed E-state index contributed by atoms with van der Waals surface area (Å²) >= 11 is 0. The van der Waals surface area contributed by atoms with E-state index in [9.17, 15) is 9.90 Å². The highest BCUT2D eigenvalue weighted by molar-refractivity contribution is 5.80. The van der Waals surface area contributed by atoms with E-state index in [-0.39, 0.29) is 12.0 Å². The van der Waals surface area contributed by atoms with Crippen LogP contribution in [0, 0.1) is 5.92 Å². The molecule has 0 radical (unpaired) electrons. The lowest BCUT2D eigenvalue weighted by molar-refractivity contribution is -0.147. The highest BCUT2D eigenvalue weighted by atomic mass is 16.5. The molecule has 110 valence electrons. The number of hydrogen-bond donors (Lipinski definition) is 2. The summed E-state index contributed by atoms with van der Waals surface area (Å²) in [6, 6.07) is 0. The van der Waals surface area contributed by atoms with Crippen LogP contribution < -0.4 is 5.32 Å². The molecular weight excluding hydrogens is 244 g/mol. The third-order valence-corrected chi connectivity index (χ3v) is 4.44. The quantitative estimate of drug-likeness (QED) is 0.721. The van der Waals surface area contributed by atoms with Gasteiger partial charge in [0.2, 0.25) is 0 Å². The summed E-state index contributed by atoms with van der Waals surface area (Å²) in [5.74, 6) is -0.432. The number of carboxylic acids is 1. The maximum atomic E-state index is 11.7. The predicted molar refractivity (Wildman–Crippen MR) is 73.2 cm³/mol. The number of piperidine rings is 1. The average Bonchev–Trinajstić information content (AvgIpc) is 3.21. The van der Waals surface area contributed by atoms with Gasteiger partial charge in [0.25, 0.3) is 0 Å². The molecule has 1 saturated carbocycles. The molecule has 2 unspecified atom stereocenters. The summed E-state index contributed by atoms with van der Waals surface area (Å²) in [6.45, 7) is 5.17. The zero-order valence-corrected chi connectivity index (χ0v) is 12.0. The second kappa shape index (κ2) is 6.20. The fourth-order valence-corrected chi connectivity index (χ4v) is 3.22. The molecule has 0 aromatic rings. The van der Waals surface area contributed by atoms with Gasteiger partial charge in [0.1, 0.15) is 5.54 Å². The topological polar surface area (TPSA) is 61.8 Å². The van der Waals surface area contributed by atoms with Crippen molar-refractivity contribution in [3.8, 4) is 0 Å². The molecule has 2 N–H and O–H groups in total. The first-order valence-corrected chi connectivity index (χ1v) is 7.38. The number of hydrogen-bond acceptors (Lipinski definition) is 4. The molecule has 2 rings (SSSR count). The summed E-state index contributed by atoms with van der Waals surface area (Å²) in [6.07, 6.45) is 4.50. The van der Waals surface area contributed by atoms with Crippen LogP contribution in [0.1, 0.15) is 32.6 Å². The zero-order valence-electron chi connectivity index (χ0n) is 12.0. The van der Waals surface area contributed by atoms with E-state index in [1.807, 2.05) is 6.92 Å². The molecule has 2 fully saturated rings. The Bertz CT molecular complexity index is 318. The van der Waals surface area contributed by atoms with Gasteiger partial charge in [-0.1, -0.05) is 0 Å².